The second kappa shape index (κ2) is 6.89. The first-order valence-electron chi connectivity index (χ1n) is 6.03. The van der Waals surface area contributed by atoms with Gasteiger partial charge in [-0.3, -0.25) is 4.79 Å². The Labute approximate surface area is 103 Å². The Bertz CT molecular complexity index is 394. The average Bonchev–Trinajstić information content (AvgIpc) is 2.29. The number of ether oxygens (including phenoxy) is 1. The molecule has 0 aliphatic rings. The Kier molecular flexibility index (Phi) is 5.47. The molecule has 2 nitrogen and oxygen atoms in total. The number of carbonyl (C=O) groups excluding carboxylic acids is 1. The lowest BCUT2D eigenvalue weighted by Gasteiger charge is -2.14. The van der Waals surface area contributed by atoms with Crippen LogP contribution in [0.2, 0.25) is 0 Å². The minimum atomic E-state index is -0.266. The molecule has 0 aliphatic heterocycles. The molecule has 0 radical (unpaired) electrons. The minimum absolute atomic E-state index is 0.266. The predicted octanol–water partition coefficient (Wildman–Crippen LogP) is 4.07. The highest BCUT2D eigenvalue weighted by Crippen LogP contribution is 2.29. The van der Waals surface area contributed by atoms with E-state index in [1.807, 2.05) is 31.2 Å². The summed E-state index contributed by atoms with van der Waals surface area (Å²) in [6, 6.07) is 7.75. The summed E-state index contributed by atoms with van der Waals surface area (Å²) in [6.45, 7) is 5.62. The van der Waals surface area contributed by atoms with Gasteiger partial charge in [0.25, 0.3) is 0 Å². The van der Waals surface area contributed by atoms with Gasteiger partial charge in [0.05, 0.1) is 0 Å². The van der Waals surface area contributed by atoms with Crippen LogP contribution in [0.5, 0.6) is 5.75 Å². The van der Waals surface area contributed by atoms with Gasteiger partial charge >= 0.3 is 5.97 Å². The van der Waals surface area contributed by atoms with Crippen molar-refractivity contribution in [2.24, 2.45) is 0 Å². The molecule has 0 spiro atoms. The van der Waals surface area contributed by atoms with E-state index in [1.165, 1.54) is 6.92 Å². The number of esters is 1. The third kappa shape index (κ3) is 4.43. The topological polar surface area (TPSA) is 26.3 Å². The van der Waals surface area contributed by atoms with E-state index in [-0.39, 0.29) is 5.97 Å². The van der Waals surface area contributed by atoms with Crippen molar-refractivity contribution in [1.29, 1.82) is 0 Å². The Hall–Kier alpha value is -1.57. The lowest BCUT2D eigenvalue weighted by Crippen LogP contribution is -2.05. The molecule has 92 valence electrons. The van der Waals surface area contributed by atoms with Gasteiger partial charge in [-0.25, -0.2) is 0 Å². The van der Waals surface area contributed by atoms with Crippen LogP contribution in [-0.2, 0) is 4.79 Å². The molecule has 1 rings (SSSR count). The highest BCUT2D eigenvalue weighted by atomic mass is 16.5. The van der Waals surface area contributed by atoms with Gasteiger partial charge in [0.1, 0.15) is 5.75 Å². The van der Waals surface area contributed by atoms with E-state index in [2.05, 4.69) is 19.1 Å². The molecule has 0 saturated heterocycles. The zero-order chi connectivity index (χ0) is 12.7. The average molecular weight is 232 g/mol. The molecule has 1 aromatic carbocycles. The number of carbonyl (C=O) groups is 1. The fourth-order valence-corrected chi connectivity index (χ4v) is 1.80. The van der Waals surface area contributed by atoms with E-state index < -0.39 is 0 Å². The van der Waals surface area contributed by atoms with Crippen LogP contribution in [0.15, 0.2) is 36.4 Å². The van der Waals surface area contributed by atoms with Crippen molar-refractivity contribution < 1.29 is 9.53 Å². The smallest absolute Gasteiger partial charge is 0.308 e. The zero-order valence-corrected chi connectivity index (χ0v) is 10.8. The number of benzene rings is 1. The number of hydrogen-bond donors (Lipinski definition) is 0. The van der Waals surface area contributed by atoms with Crippen molar-refractivity contribution in [3.05, 3.63) is 42.0 Å². The standard InChI is InChI=1S/C15H20O2/c1-4-5-6-9-12(2)14-10-7-8-11-15(14)17-13(3)16/h4-5,7-8,10-12H,6,9H2,1-3H3. The number of rotatable bonds is 5. The molecule has 1 aromatic rings. The maximum atomic E-state index is 11.0. The normalized spacial score (nSPS) is 12.6. The predicted molar refractivity (Wildman–Crippen MR) is 70.2 cm³/mol. The van der Waals surface area contributed by atoms with Crippen molar-refractivity contribution in [1.82, 2.24) is 0 Å². The fraction of sp³-hybridized carbons (Fsp3) is 0.400. The van der Waals surface area contributed by atoms with Gasteiger partial charge in [-0.15, -0.1) is 0 Å². The summed E-state index contributed by atoms with van der Waals surface area (Å²) >= 11 is 0. The molecule has 17 heavy (non-hydrogen) atoms. The lowest BCUT2D eigenvalue weighted by atomic mass is 9.95. The summed E-state index contributed by atoms with van der Waals surface area (Å²) < 4.78 is 5.22. The highest BCUT2D eigenvalue weighted by Gasteiger charge is 2.11. The first-order chi connectivity index (χ1) is 8.15. The molecule has 0 N–H and O–H groups in total. The SMILES string of the molecule is CC=CCCC(C)c1ccccc1OC(C)=O. The number of hydrogen-bond acceptors (Lipinski definition) is 2. The summed E-state index contributed by atoms with van der Waals surface area (Å²) in [7, 11) is 0. The van der Waals surface area contributed by atoms with Gasteiger partial charge in [-0.1, -0.05) is 37.3 Å². The van der Waals surface area contributed by atoms with Crippen LogP contribution in [0.3, 0.4) is 0 Å². The van der Waals surface area contributed by atoms with Crippen molar-refractivity contribution in [2.75, 3.05) is 0 Å². The lowest BCUT2D eigenvalue weighted by molar-refractivity contribution is -0.131. The van der Waals surface area contributed by atoms with E-state index in [1.54, 1.807) is 0 Å². The van der Waals surface area contributed by atoms with Crippen molar-refractivity contribution in [3.63, 3.8) is 0 Å². The Morgan fingerprint density at radius 3 is 2.76 bits per heavy atom. The van der Waals surface area contributed by atoms with E-state index in [4.69, 9.17) is 4.74 Å². The van der Waals surface area contributed by atoms with Gasteiger partial charge in [0, 0.05) is 6.92 Å². The zero-order valence-electron chi connectivity index (χ0n) is 10.8. The maximum Gasteiger partial charge on any atom is 0.308 e. The Morgan fingerprint density at radius 1 is 1.41 bits per heavy atom. The first kappa shape index (κ1) is 13.5. The molecule has 2 heteroatoms. The van der Waals surface area contributed by atoms with Crippen LogP contribution < -0.4 is 4.74 Å². The van der Waals surface area contributed by atoms with E-state index in [0.29, 0.717) is 11.7 Å². The third-order valence-electron chi connectivity index (χ3n) is 2.71. The molecule has 0 heterocycles. The molecule has 0 aliphatic carbocycles. The van der Waals surface area contributed by atoms with Gasteiger partial charge in [-0.05, 0) is 37.3 Å². The summed E-state index contributed by atoms with van der Waals surface area (Å²) in [4.78, 5) is 11.0. The summed E-state index contributed by atoms with van der Waals surface area (Å²) in [5.74, 6) is 0.813. The second-order valence-electron chi connectivity index (χ2n) is 4.18. The van der Waals surface area contributed by atoms with Gasteiger partial charge < -0.3 is 4.74 Å². The van der Waals surface area contributed by atoms with Gasteiger partial charge in [0.15, 0.2) is 0 Å². The third-order valence-corrected chi connectivity index (χ3v) is 2.71. The quantitative estimate of drug-likeness (QED) is 0.434. The Morgan fingerprint density at radius 2 is 2.12 bits per heavy atom. The largest absolute Gasteiger partial charge is 0.426 e. The fourth-order valence-electron chi connectivity index (χ4n) is 1.80. The van der Waals surface area contributed by atoms with Gasteiger partial charge in [0.2, 0.25) is 0 Å². The summed E-state index contributed by atoms with van der Waals surface area (Å²) in [6.07, 6.45) is 6.32. The molecule has 0 bridgehead atoms. The minimum Gasteiger partial charge on any atom is -0.426 e. The van der Waals surface area contributed by atoms with Crippen molar-refractivity contribution in [3.8, 4) is 5.75 Å². The highest BCUT2D eigenvalue weighted by molar-refractivity contribution is 5.69. The van der Waals surface area contributed by atoms with Crippen molar-refractivity contribution >= 4 is 5.97 Å². The molecule has 0 aromatic heterocycles. The Balaban J connectivity index is 2.77. The summed E-state index contributed by atoms with van der Waals surface area (Å²) in [5, 5.41) is 0. The van der Waals surface area contributed by atoms with Gasteiger partial charge in [-0.2, -0.15) is 0 Å². The molecule has 1 atom stereocenters. The van der Waals surface area contributed by atoms with Crippen LogP contribution in [-0.4, -0.2) is 5.97 Å². The number of para-hydroxylation sites is 1. The maximum absolute atomic E-state index is 11.0. The summed E-state index contributed by atoms with van der Waals surface area (Å²) in [5.41, 5.74) is 1.10. The van der Waals surface area contributed by atoms with E-state index in [0.717, 1.165) is 18.4 Å². The van der Waals surface area contributed by atoms with Crippen LogP contribution in [0, 0.1) is 0 Å². The van der Waals surface area contributed by atoms with Crippen LogP contribution in [0.1, 0.15) is 45.1 Å². The second-order valence-corrected chi connectivity index (χ2v) is 4.18. The first-order valence-corrected chi connectivity index (χ1v) is 6.03. The monoisotopic (exact) mass is 232 g/mol. The molecule has 0 amide bonds. The van der Waals surface area contributed by atoms with Crippen molar-refractivity contribution in [2.45, 2.75) is 39.5 Å². The van der Waals surface area contributed by atoms with Crippen LogP contribution in [0.4, 0.5) is 0 Å². The van der Waals surface area contributed by atoms with E-state index >= 15 is 0 Å². The van der Waals surface area contributed by atoms with Crippen LogP contribution in [0.25, 0.3) is 0 Å². The van der Waals surface area contributed by atoms with E-state index in [9.17, 15) is 4.79 Å². The molecular weight excluding hydrogens is 212 g/mol. The van der Waals surface area contributed by atoms with Crippen LogP contribution >= 0.6 is 0 Å². The molecule has 1 unspecified atom stereocenters. The molecule has 0 saturated carbocycles. The molecule has 0 fully saturated rings. The number of allylic oxidation sites excluding steroid dienone is 2. The molecular formula is C15H20O2.